The van der Waals surface area contributed by atoms with E-state index < -0.39 is 17.8 Å². The summed E-state index contributed by atoms with van der Waals surface area (Å²) in [4.78, 5) is 11.6. The van der Waals surface area contributed by atoms with Crippen LogP contribution in [0.3, 0.4) is 0 Å². The predicted octanol–water partition coefficient (Wildman–Crippen LogP) is 4.02. The SMILES string of the molecule is CC(C)(C)NC(=O)OCCCCn1nc(NC(N)=S)c2cc(C(F)(F)F)ccc21. The number of thiocarbonyl (C=S) groups is 1. The molecule has 1 aromatic heterocycles. The Morgan fingerprint density at radius 2 is 1.97 bits per heavy atom. The van der Waals surface area contributed by atoms with Crippen LogP contribution in [0, 0.1) is 0 Å². The average molecular weight is 431 g/mol. The summed E-state index contributed by atoms with van der Waals surface area (Å²) < 4.78 is 45.8. The molecular weight excluding hydrogens is 407 g/mol. The van der Waals surface area contributed by atoms with E-state index in [1.54, 1.807) is 4.68 Å². The first-order valence-corrected chi connectivity index (χ1v) is 9.37. The van der Waals surface area contributed by atoms with Gasteiger partial charge in [0.15, 0.2) is 10.9 Å². The summed E-state index contributed by atoms with van der Waals surface area (Å²) in [6.45, 7) is 6.18. The molecule has 1 heterocycles. The topological polar surface area (TPSA) is 94.2 Å². The molecule has 1 amide bonds. The first kappa shape index (κ1) is 22.7. The number of aryl methyl sites for hydroxylation is 1. The summed E-state index contributed by atoms with van der Waals surface area (Å²) >= 11 is 4.78. The van der Waals surface area contributed by atoms with E-state index in [0.717, 1.165) is 12.1 Å². The zero-order valence-corrected chi connectivity index (χ0v) is 17.2. The van der Waals surface area contributed by atoms with Crippen LogP contribution in [0.15, 0.2) is 18.2 Å². The maximum Gasteiger partial charge on any atom is 0.416 e. The standard InChI is InChI=1S/C18H24F3N5O2S/c1-17(2,3)24-16(27)28-9-5-4-8-26-13-7-6-11(18(19,20)21)10-12(13)14(25-26)23-15(22)29/h6-7,10H,4-5,8-9H2,1-3H3,(H,24,27)(H3,22,23,25,29). The second-order valence-electron chi connectivity index (χ2n) is 7.51. The normalized spacial score (nSPS) is 12.1. The number of anilines is 1. The molecule has 0 atom stereocenters. The Balaban J connectivity index is 2.05. The molecule has 7 nitrogen and oxygen atoms in total. The van der Waals surface area contributed by atoms with Gasteiger partial charge in [-0.1, -0.05) is 0 Å². The van der Waals surface area contributed by atoms with E-state index in [1.165, 1.54) is 6.07 Å². The zero-order valence-electron chi connectivity index (χ0n) is 16.4. The third-order valence-electron chi connectivity index (χ3n) is 3.79. The van der Waals surface area contributed by atoms with E-state index in [-0.39, 0.29) is 28.5 Å². The molecule has 0 saturated heterocycles. The summed E-state index contributed by atoms with van der Waals surface area (Å²) in [6, 6.07) is 3.38. The van der Waals surface area contributed by atoms with Crippen LogP contribution >= 0.6 is 12.2 Å². The van der Waals surface area contributed by atoms with Gasteiger partial charge in [0, 0.05) is 17.5 Å². The fraction of sp³-hybridized carbons (Fsp3) is 0.500. The molecule has 0 bridgehead atoms. The zero-order chi connectivity index (χ0) is 21.8. The third kappa shape index (κ3) is 6.77. The minimum atomic E-state index is -4.47. The van der Waals surface area contributed by atoms with Gasteiger partial charge in [-0.25, -0.2) is 4.79 Å². The summed E-state index contributed by atoms with van der Waals surface area (Å²) in [6.07, 6.45) is -3.79. The van der Waals surface area contributed by atoms with Gasteiger partial charge in [0.1, 0.15) is 0 Å². The molecule has 0 spiro atoms. The number of nitrogens with one attached hydrogen (secondary N) is 2. The number of alkyl halides is 3. The van der Waals surface area contributed by atoms with Crippen molar-refractivity contribution in [3.8, 4) is 0 Å². The fourth-order valence-corrected chi connectivity index (χ4v) is 2.70. The number of carbonyl (C=O) groups is 1. The molecule has 29 heavy (non-hydrogen) atoms. The highest BCUT2D eigenvalue weighted by atomic mass is 32.1. The van der Waals surface area contributed by atoms with Crippen molar-refractivity contribution >= 4 is 40.1 Å². The molecule has 0 fully saturated rings. The lowest BCUT2D eigenvalue weighted by atomic mass is 10.1. The molecule has 160 valence electrons. The average Bonchev–Trinajstić information content (AvgIpc) is 2.88. The number of halogens is 3. The van der Waals surface area contributed by atoms with E-state index in [2.05, 4.69) is 15.7 Å². The number of alkyl carbamates (subject to hydrolysis) is 1. The van der Waals surface area contributed by atoms with Crippen LogP contribution < -0.4 is 16.4 Å². The monoisotopic (exact) mass is 431 g/mol. The van der Waals surface area contributed by atoms with Crippen molar-refractivity contribution in [1.29, 1.82) is 0 Å². The molecule has 0 unspecified atom stereocenters. The lowest BCUT2D eigenvalue weighted by molar-refractivity contribution is -0.137. The van der Waals surface area contributed by atoms with Crippen molar-refractivity contribution < 1.29 is 22.7 Å². The number of carbonyl (C=O) groups excluding carboxylic acids is 1. The molecule has 4 N–H and O–H groups in total. The second kappa shape index (κ2) is 8.85. The number of amides is 1. The first-order valence-electron chi connectivity index (χ1n) is 8.96. The van der Waals surface area contributed by atoms with Crippen LogP contribution in [0.5, 0.6) is 0 Å². The number of rotatable bonds is 6. The van der Waals surface area contributed by atoms with Gasteiger partial charge in [0.05, 0.1) is 17.7 Å². The molecule has 2 aromatic rings. The van der Waals surface area contributed by atoms with E-state index >= 15 is 0 Å². The fourth-order valence-electron chi connectivity index (χ4n) is 2.61. The van der Waals surface area contributed by atoms with Crippen molar-refractivity contribution in [1.82, 2.24) is 15.1 Å². The van der Waals surface area contributed by atoms with Crippen LogP contribution in [0.4, 0.5) is 23.8 Å². The number of benzene rings is 1. The number of ether oxygens (including phenoxy) is 1. The van der Waals surface area contributed by atoms with Gasteiger partial charge in [-0.3, -0.25) is 4.68 Å². The highest BCUT2D eigenvalue weighted by Gasteiger charge is 2.31. The molecule has 1 aromatic carbocycles. The van der Waals surface area contributed by atoms with Crippen molar-refractivity contribution in [2.75, 3.05) is 11.9 Å². The Bertz CT molecular complexity index is 890. The molecule has 0 saturated carbocycles. The maximum atomic E-state index is 13.0. The summed E-state index contributed by atoms with van der Waals surface area (Å²) in [7, 11) is 0. The van der Waals surface area contributed by atoms with Gasteiger partial charge in [0.2, 0.25) is 0 Å². The number of hydrogen-bond acceptors (Lipinski definition) is 4. The molecular formula is C18H24F3N5O2S. The van der Waals surface area contributed by atoms with Crippen LogP contribution in [0.2, 0.25) is 0 Å². The van der Waals surface area contributed by atoms with Crippen molar-refractivity contribution in [3.05, 3.63) is 23.8 Å². The largest absolute Gasteiger partial charge is 0.450 e. The summed E-state index contributed by atoms with van der Waals surface area (Å²) in [5, 5.41) is 9.77. The molecule has 0 aliphatic carbocycles. The molecule has 2 rings (SSSR count). The number of nitrogens with two attached hydrogens (primary N) is 1. The van der Waals surface area contributed by atoms with E-state index in [4.69, 9.17) is 22.7 Å². The van der Waals surface area contributed by atoms with Gasteiger partial charge in [-0.2, -0.15) is 18.3 Å². The quantitative estimate of drug-likeness (QED) is 0.473. The lowest BCUT2D eigenvalue weighted by Crippen LogP contribution is -2.41. The Morgan fingerprint density at radius 1 is 1.28 bits per heavy atom. The maximum absolute atomic E-state index is 13.0. The van der Waals surface area contributed by atoms with E-state index in [0.29, 0.717) is 24.9 Å². The number of hydrogen-bond donors (Lipinski definition) is 3. The Kier molecular flexibility index (Phi) is 6.93. The summed E-state index contributed by atoms with van der Waals surface area (Å²) in [5.41, 5.74) is 4.81. The van der Waals surface area contributed by atoms with E-state index in [1.807, 2.05) is 20.8 Å². The van der Waals surface area contributed by atoms with Crippen molar-refractivity contribution in [2.45, 2.75) is 51.9 Å². The van der Waals surface area contributed by atoms with Crippen LogP contribution in [0.1, 0.15) is 39.2 Å². The number of fused-ring (bicyclic) bond motifs is 1. The number of nitrogens with zero attached hydrogens (tertiary/aromatic N) is 2. The van der Waals surface area contributed by atoms with Crippen molar-refractivity contribution in [3.63, 3.8) is 0 Å². The molecule has 11 heteroatoms. The minimum Gasteiger partial charge on any atom is -0.450 e. The van der Waals surface area contributed by atoms with Crippen LogP contribution in [0.25, 0.3) is 10.9 Å². The first-order chi connectivity index (χ1) is 13.4. The van der Waals surface area contributed by atoms with Gasteiger partial charge in [-0.05, 0) is 64.0 Å². The Hall–Kier alpha value is -2.56. The van der Waals surface area contributed by atoms with Gasteiger partial charge in [0.25, 0.3) is 0 Å². The smallest absolute Gasteiger partial charge is 0.416 e. The van der Waals surface area contributed by atoms with Gasteiger partial charge >= 0.3 is 12.3 Å². The lowest BCUT2D eigenvalue weighted by Gasteiger charge is -2.19. The van der Waals surface area contributed by atoms with Gasteiger partial charge < -0.3 is 21.1 Å². The highest BCUT2D eigenvalue weighted by Crippen LogP contribution is 2.33. The third-order valence-corrected chi connectivity index (χ3v) is 3.90. The van der Waals surface area contributed by atoms with Crippen LogP contribution in [-0.4, -0.2) is 33.1 Å². The van der Waals surface area contributed by atoms with E-state index in [9.17, 15) is 18.0 Å². The van der Waals surface area contributed by atoms with Crippen molar-refractivity contribution in [2.24, 2.45) is 5.73 Å². The Morgan fingerprint density at radius 3 is 2.55 bits per heavy atom. The molecule has 0 aliphatic heterocycles. The Labute approximate surface area is 171 Å². The number of unbranched alkanes of at least 4 members (excludes halogenated alkanes) is 1. The molecule has 0 radical (unpaired) electrons. The predicted molar refractivity (Wildman–Crippen MR) is 109 cm³/mol. The van der Waals surface area contributed by atoms with Crippen LogP contribution in [-0.2, 0) is 17.5 Å². The molecule has 0 aliphatic rings. The second-order valence-corrected chi connectivity index (χ2v) is 7.95. The number of aromatic nitrogens is 2. The highest BCUT2D eigenvalue weighted by molar-refractivity contribution is 7.80. The van der Waals surface area contributed by atoms with Gasteiger partial charge in [-0.15, -0.1) is 0 Å². The summed E-state index contributed by atoms with van der Waals surface area (Å²) in [5.74, 6) is 0.166. The minimum absolute atomic E-state index is 0.0905.